The van der Waals surface area contributed by atoms with Crippen LogP contribution in [-0.2, 0) is 4.57 Å². The quantitative estimate of drug-likeness (QED) is 0.0645. The van der Waals surface area contributed by atoms with Gasteiger partial charge in [-0.3, -0.25) is 4.57 Å². The normalized spacial score (nSPS) is 15.0. The first-order valence-corrected chi connectivity index (χ1v) is 15.0. The van der Waals surface area contributed by atoms with Crippen molar-refractivity contribution in [1.82, 2.24) is 0 Å². The first-order valence-electron chi connectivity index (χ1n) is 13.4. The Bertz CT molecular complexity index is 565. The Morgan fingerprint density at radius 1 is 0.667 bits per heavy atom. The van der Waals surface area contributed by atoms with Crippen molar-refractivity contribution < 1.29 is 23.9 Å². The zero-order valence-corrected chi connectivity index (χ0v) is 23.1. The largest absolute Gasteiger partial charge is 0.373 e. The van der Waals surface area contributed by atoms with E-state index in [2.05, 4.69) is 31.2 Å². The number of unbranched alkanes of at least 4 members (excludes halogenated alkanes) is 13. The summed E-state index contributed by atoms with van der Waals surface area (Å²) in [5.74, 6) is 0. The van der Waals surface area contributed by atoms with Gasteiger partial charge in [0.25, 0.3) is 0 Å². The highest BCUT2D eigenvalue weighted by Crippen LogP contribution is 2.52. The van der Waals surface area contributed by atoms with Crippen LogP contribution < -0.4 is 0 Å². The van der Waals surface area contributed by atoms with Gasteiger partial charge in [0.05, 0.1) is 21.1 Å². The van der Waals surface area contributed by atoms with Crippen LogP contribution in [0.15, 0.2) is 24.3 Å². The van der Waals surface area contributed by atoms with Gasteiger partial charge in [-0.15, -0.1) is 0 Å². The second-order valence-corrected chi connectivity index (χ2v) is 12.6. The Labute approximate surface area is 205 Å². The topological polar surface area (TPSA) is 77.8 Å². The van der Waals surface area contributed by atoms with E-state index in [1.807, 2.05) is 21.1 Å². The molecule has 3 N–H and O–H groups in total. The van der Waals surface area contributed by atoms with E-state index in [1.54, 1.807) is 0 Å². The highest BCUT2D eigenvalue weighted by Gasteiger charge is 2.48. The predicted octanol–water partition coefficient (Wildman–Crippen LogP) is 7.32. The molecule has 0 rings (SSSR count). The standard InChI is InChI=1S/C27H54NO4P/c1-5-6-7-8-9-10-11-12-13-14-15-16-17-18-19-20-21-22-23-24-25-27(29,33(30,31)32)26-28(2,3)4/h14-15,19-20,29H,5-13,16-18,21-26H2,1-4H3,(H-,30,31,32)/p+1/b15-14-,20-19-. The molecule has 0 fully saturated rings. The Hall–Kier alpha value is -0.450. The van der Waals surface area contributed by atoms with E-state index < -0.39 is 12.9 Å². The Morgan fingerprint density at radius 2 is 1.06 bits per heavy atom. The van der Waals surface area contributed by atoms with Crippen LogP contribution in [0.25, 0.3) is 0 Å². The van der Waals surface area contributed by atoms with Gasteiger partial charge in [-0.1, -0.05) is 82.6 Å². The van der Waals surface area contributed by atoms with Crippen molar-refractivity contribution in [2.24, 2.45) is 0 Å². The molecule has 0 aromatic heterocycles. The van der Waals surface area contributed by atoms with Gasteiger partial charge >= 0.3 is 7.60 Å². The monoisotopic (exact) mass is 488 g/mol. The smallest absolute Gasteiger partial charge is 0.362 e. The van der Waals surface area contributed by atoms with Gasteiger partial charge < -0.3 is 19.4 Å². The minimum Gasteiger partial charge on any atom is -0.373 e. The maximum atomic E-state index is 11.8. The van der Waals surface area contributed by atoms with Crippen molar-refractivity contribution in [1.29, 1.82) is 0 Å². The highest BCUT2D eigenvalue weighted by atomic mass is 31.2. The van der Waals surface area contributed by atoms with Crippen molar-refractivity contribution in [2.75, 3.05) is 27.7 Å². The van der Waals surface area contributed by atoms with Crippen LogP contribution in [0.4, 0.5) is 0 Å². The number of quaternary nitrogens is 1. The maximum absolute atomic E-state index is 11.8. The lowest BCUT2D eigenvalue weighted by Gasteiger charge is -2.35. The molecule has 196 valence electrons. The van der Waals surface area contributed by atoms with Crippen LogP contribution in [0.2, 0.25) is 0 Å². The number of aliphatic hydroxyl groups is 1. The summed E-state index contributed by atoms with van der Waals surface area (Å²) in [5.41, 5.74) is 0. The summed E-state index contributed by atoms with van der Waals surface area (Å²) in [6, 6.07) is 0. The van der Waals surface area contributed by atoms with Gasteiger partial charge in [-0.05, 0) is 57.8 Å². The molecule has 0 saturated carbocycles. The maximum Gasteiger partial charge on any atom is 0.362 e. The van der Waals surface area contributed by atoms with Crippen LogP contribution in [0, 0.1) is 0 Å². The molecule has 0 aromatic rings. The zero-order chi connectivity index (χ0) is 25.1. The van der Waals surface area contributed by atoms with E-state index in [-0.39, 0.29) is 13.0 Å². The van der Waals surface area contributed by atoms with Crippen molar-refractivity contribution in [3.8, 4) is 0 Å². The third-order valence-electron chi connectivity index (χ3n) is 6.02. The fraction of sp³-hybridized carbons (Fsp3) is 0.852. The van der Waals surface area contributed by atoms with Gasteiger partial charge in [0, 0.05) is 0 Å². The Balaban J connectivity index is 3.68. The van der Waals surface area contributed by atoms with Crippen LogP contribution in [0.1, 0.15) is 116 Å². The molecule has 0 spiro atoms. The van der Waals surface area contributed by atoms with Gasteiger partial charge in [0.1, 0.15) is 6.54 Å². The van der Waals surface area contributed by atoms with Crippen LogP contribution in [0.3, 0.4) is 0 Å². The Kier molecular flexibility index (Phi) is 18.6. The molecule has 0 aromatic carbocycles. The van der Waals surface area contributed by atoms with E-state index in [4.69, 9.17) is 0 Å². The molecule has 0 radical (unpaired) electrons. The van der Waals surface area contributed by atoms with Gasteiger partial charge in [-0.25, -0.2) is 0 Å². The van der Waals surface area contributed by atoms with Crippen molar-refractivity contribution >= 4 is 7.60 Å². The minimum atomic E-state index is -4.56. The molecule has 0 aliphatic carbocycles. The molecule has 0 saturated heterocycles. The molecule has 0 amide bonds. The molecule has 0 aliphatic heterocycles. The number of nitrogens with zero attached hydrogens (tertiary/aromatic N) is 1. The SMILES string of the molecule is CCCCCCCCCC/C=C\CCC/C=C\CCCCCC(O)(C[N+](C)(C)C)P(=O)(O)O. The minimum absolute atomic E-state index is 0.0464. The summed E-state index contributed by atoms with van der Waals surface area (Å²) < 4.78 is 12.1. The third-order valence-corrected chi connectivity index (χ3v) is 7.47. The summed E-state index contributed by atoms with van der Waals surface area (Å²) in [5, 5.41) is 8.61. The second kappa shape index (κ2) is 18.8. The summed E-state index contributed by atoms with van der Waals surface area (Å²) in [7, 11) is 0.937. The Morgan fingerprint density at radius 3 is 1.48 bits per heavy atom. The van der Waals surface area contributed by atoms with E-state index >= 15 is 0 Å². The van der Waals surface area contributed by atoms with Crippen LogP contribution in [-0.4, -0.2) is 52.4 Å². The molecule has 5 nitrogen and oxygen atoms in total. The van der Waals surface area contributed by atoms with E-state index in [1.165, 1.54) is 64.2 Å². The molecule has 1 atom stereocenters. The van der Waals surface area contributed by atoms with Crippen LogP contribution >= 0.6 is 7.60 Å². The fourth-order valence-corrected chi connectivity index (χ4v) is 5.20. The molecular weight excluding hydrogens is 433 g/mol. The number of allylic oxidation sites excluding steroid dienone is 4. The van der Waals surface area contributed by atoms with Gasteiger partial charge in [0.15, 0.2) is 0 Å². The lowest BCUT2D eigenvalue weighted by Crippen LogP contribution is -2.49. The highest BCUT2D eigenvalue weighted by molar-refractivity contribution is 7.53. The molecule has 0 bridgehead atoms. The number of rotatable bonds is 22. The first-order chi connectivity index (χ1) is 15.5. The molecule has 1 unspecified atom stereocenters. The van der Waals surface area contributed by atoms with E-state index in [9.17, 15) is 19.5 Å². The first kappa shape index (κ1) is 32.5. The van der Waals surface area contributed by atoms with E-state index in [0.29, 0.717) is 10.9 Å². The summed E-state index contributed by atoms with van der Waals surface area (Å²) >= 11 is 0. The predicted molar refractivity (Wildman–Crippen MR) is 142 cm³/mol. The zero-order valence-electron chi connectivity index (χ0n) is 22.2. The van der Waals surface area contributed by atoms with Crippen molar-refractivity contribution in [3.05, 3.63) is 24.3 Å². The van der Waals surface area contributed by atoms with E-state index in [0.717, 1.165) is 32.1 Å². The van der Waals surface area contributed by atoms with Crippen molar-refractivity contribution in [3.63, 3.8) is 0 Å². The summed E-state index contributed by atoms with van der Waals surface area (Å²) in [6.07, 6.45) is 28.4. The summed E-state index contributed by atoms with van der Waals surface area (Å²) in [6.45, 7) is 2.31. The number of hydrogen-bond acceptors (Lipinski definition) is 2. The lowest BCUT2D eigenvalue weighted by molar-refractivity contribution is -0.875. The average Bonchev–Trinajstić information content (AvgIpc) is 2.70. The third kappa shape index (κ3) is 19.5. The van der Waals surface area contributed by atoms with Crippen LogP contribution in [0.5, 0.6) is 0 Å². The number of hydrogen-bond donors (Lipinski definition) is 3. The lowest BCUT2D eigenvalue weighted by atomic mass is 10.1. The molecule has 0 aliphatic rings. The van der Waals surface area contributed by atoms with Gasteiger partial charge in [0.2, 0.25) is 5.34 Å². The molecule has 6 heteroatoms. The number of likely N-dealkylation sites (N-methyl/N-ethyl adjacent to an activating group) is 1. The van der Waals surface area contributed by atoms with Crippen molar-refractivity contribution in [2.45, 2.75) is 121 Å². The second-order valence-electron chi connectivity index (χ2n) is 10.7. The molecule has 33 heavy (non-hydrogen) atoms. The average molecular weight is 489 g/mol. The molecular formula is C27H55NO4P+. The van der Waals surface area contributed by atoms with Gasteiger partial charge in [-0.2, -0.15) is 0 Å². The summed E-state index contributed by atoms with van der Waals surface area (Å²) in [4.78, 5) is 19.2. The molecule has 0 heterocycles. The fourth-order valence-electron chi connectivity index (χ4n) is 4.14.